The van der Waals surface area contributed by atoms with Crippen LogP contribution in [0, 0.1) is 19.1 Å². The summed E-state index contributed by atoms with van der Waals surface area (Å²) in [7, 11) is 2.05. The van der Waals surface area contributed by atoms with Gasteiger partial charge in [-0.05, 0) is 22.4 Å². The molecule has 3 aromatic heterocycles. The van der Waals surface area contributed by atoms with Crippen molar-refractivity contribution in [3.05, 3.63) is 90.9 Å². The van der Waals surface area contributed by atoms with E-state index in [9.17, 15) is 0 Å². The fraction of sp³-hybridized carbons (Fsp3) is 0.0800. The minimum atomic E-state index is 0. The van der Waals surface area contributed by atoms with Gasteiger partial charge in [0, 0.05) is 50.5 Å². The van der Waals surface area contributed by atoms with E-state index < -0.39 is 0 Å². The maximum absolute atomic E-state index is 4.71. The average Bonchev–Trinajstić information content (AvgIpc) is 2.74. The number of aromatic nitrogens is 3. The Hall–Kier alpha value is -2.49. The van der Waals surface area contributed by atoms with E-state index in [-0.39, 0.29) is 32.7 Å². The molecule has 4 heteroatoms. The molecule has 5 rings (SSSR count). The summed E-state index contributed by atoms with van der Waals surface area (Å²) in [5.74, 6) is 0. The van der Waals surface area contributed by atoms with E-state index in [4.69, 9.17) is 4.98 Å². The van der Waals surface area contributed by atoms with Gasteiger partial charge in [-0.2, -0.15) is 29.3 Å². The van der Waals surface area contributed by atoms with Crippen molar-refractivity contribution in [3.63, 3.8) is 0 Å². The van der Waals surface area contributed by atoms with Gasteiger partial charge in [0.2, 0.25) is 0 Å². The molecule has 0 aliphatic heterocycles. The molecule has 0 amide bonds. The molecule has 3 nitrogen and oxygen atoms in total. The first-order chi connectivity index (χ1) is 13.7. The third kappa shape index (κ3) is 3.61. The van der Waals surface area contributed by atoms with Gasteiger partial charge in [-0.15, -0.1) is 11.6 Å². The predicted octanol–water partition coefficient (Wildman–Crippen LogP) is 4.85. The number of hydrogen-bond acceptors (Lipinski definition) is 2. The van der Waals surface area contributed by atoms with Crippen LogP contribution in [0.4, 0.5) is 0 Å². The number of benzene rings is 2. The van der Waals surface area contributed by atoms with E-state index in [2.05, 4.69) is 58.9 Å². The zero-order valence-corrected chi connectivity index (χ0v) is 19.2. The second-order valence-corrected chi connectivity index (χ2v) is 6.97. The molecule has 0 aliphatic carbocycles. The van der Waals surface area contributed by atoms with Gasteiger partial charge in [-0.1, -0.05) is 49.0 Å². The molecule has 0 atom stereocenters. The van der Waals surface area contributed by atoms with Crippen LogP contribution in [0.25, 0.3) is 44.2 Å². The number of nitrogens with zero attached hydrogens (tertiary/aromatic N) is 3. The van der Waals surface area contributed by atoms with Gasteiger partial charge in [0.15, 0.2) is 6.20 Å². The molecule has 5 aromatic rings. The van der Waals surface area contributed by atoms with Crippen LogP contribution in [0.3, 0.4) is 0 Å². The molecule has 0 saturated carbocycles. The fourth-order valence-electron chi connectivity index (χ4n) is 3.57. The van der Waals surface area contributed by atoms with Crippen LogP contribution in [0.2, 0.25) is 0 Å². The zero-order valence-electron chi connectivity index (χ0n) is 16.3. The van der Waals surface area contributed by atoms with Gasteiger partial charge in [-0.3, -0.25) is 4.98 Å². The summed E-state index contributed by atoms with van der Waals surface area (Å²) in [6.07, 6.45) is 5.80. The van der Waals surface area contributed by atoms with Gasteiger partial charge in [-0.25, -0.2) is 4.57 Å². The van der Waals surface area contributed by atoms with Crippen LogP contribution in [0.1, 0.15) is 5.56 Å². The van der Waals surface area contributed by atoms with Crippen molar-refractivity contribution in [1.82, 2.24) is 9.97 Å². The molecule has 0 N–H and O–H groups in total. The smallest absolute Gasteiger partial charge is 0.161 e. The first-order valence-electron chi connectivity index (χ1n) is 9.25. The number of pyridine rings is 3. The molecule has 0 bridgehead atoms. The van der Waals surface area contributed by atoms with Crippen LogP contribution in [0.5, 0.6) is 0 Å². The van der Waals surface area contributed by atoms with Gasteiger partial charge < -0.3 is 4.98 Å². The third-order valence-corrected chi connectivity index (χ3v) is 5.10. The second kappa shape index (κ2) is 8.10. The largest absolute Gasteiger partial charge is 0.357 e. The van der Waals surface area contributed by atoms with E-state index in [0.717, 1.165) is 44.2 Å². The van der Waals surface area contributed by atoms with E-state index >= 15 is 0 Å². The predicted molar refractivity (Wildman–Crippen MR) is 112 cm³/mol. The number of aryl methyl sites for hydroxylation is 2. The quantitative estimate of drug-likeness (QED) is 0.219. The Balaban J connectivity index is 0.00000205. The molecular weight excluding hydrogens is 431 g/mol. The summed E-state index contributed by atoms with van der Waals surface area (Å²) >= 11 is 0. The molecule has 0 fully saturated rings. The van der Waals surface area contributed by atoms with Crippen LogP contribution in [0.15, 0.2) is 73.2 Å². The summed E-state index contributed by atoms with van der Waals surface area (Å²) < 4.78 is 2.11. The van der Waals surface area contributed by atoms with Crippen LogP contribution in [-0.2, 0) is 39.8 Å². The summed E-state index contributed by atoms with van der Waals surface area (Å²) in [6, 6.07) is 25.6. The van der Waals surface area contributed by atoms with E-state index in [1.54, 1.807) is 0 Å². The molecule has 2 aromatic carbocycles. The van der Waals surface area contributed by atoms with E-state index in [0.29, 0.717) is 0 Å². The van der Waals surface area contributed by atoms with E-state index in [1.807, 2.05) is 49.9 Å². The first kappa shape index (κ1) is 19.8. The summed E-state index contributed by atoms with van der Waals surface area (Å²) in [6.45, 7) is 2.11. The minimum Gasteiger partial charge on any atom is -0.357 e. The Kier molecular flexibility index (Phi) is 5.53. The van der Waals surface area contributed by atoms with Crippen molar-refractivity contribution in [1.29, 1.82) is 0 Å². The van der Waals surface area contributed by atoms with Crippen molar-refractivity contribution in [3.8, 4) is 22.4 Å². The fourth-order valence-corrected chi connectivity index (χ4v) is 3.57. The molecule has 0 saturated heterocycles. The number of rotatable bonds is 2. The van der Waals surface area contributed by atoms with E-state index in [1.165, 1.54) is 5.56 Å². The molecule has 3 heterocycles. The second-order valence-electron chi connectivity index (χ2n) is 6.97. The normalized spacial score (nSPS) is 10.8. The molecule has 1 radical (unpaired) electrons. The average molecular weight is 449 g/mol. The number of hydrogen-bond donors (Lipinski definition) is 0. The maximum atomic E-state index is 4.71. The van der Waals surface area contributed by atoms with Gasteiger partial charge in [0.05, 0.1) is 0 Å². The molecule has 0 spiro atoms. The van der Waals surface area contributed by atoms with Crippen LogP contribution in [-0.4, -0.2) is 9.97 Å². The van der Waals surface area contributed by atoms with Crippen molar-refractivity contribution in [2.75, 3.05) is 0 Å². The van der Waals surface area contributed by atoms with Gasteiger partial charge in [0.25, 0.3) is 0 Å². The Morgan fingerprint density at radius 3 is 2.52 bits per heavy atom. The van der Waals surface area contributed by atoms with Gasteiger partial charge >= 0.3 is 0 Å². The topological polar surface area (TPSA) is 29.7 Å². The summed E-state index contributed by atoms with van der Waals surface area (Å²) in [5.41, 5.74) is 6.91. The van der Waals surface area contributed by atoms with Crippen molar-refractivity contribution in [2.45, 2.75) is 6.92 Å². The Labute approximate surface area is 195 Å². The Morgan fingerprint density at radius 2 is 1.66 bits per heavy atom. The van der Waals surface area contributed by atoms with Crippen molar-refractivity contribution in [2.24, 2.45) is 7.05 Å². The van der Waals surface area contributed by atoms with Gasteiger partial charge in [0.1, 0.15) is 12.7 Å². The van der Waals surface area contributed by atoms with Crippen LogP contribution < -0.4 is 4.57 Å². The molecular formula is C25H18N3Y-. The monoisotopic (exact) mass is 449 g/mol. The standard InChI is InChI=1S/C25H18N3.Y/c1-17-10-11-18(13-22(17)24-9-5-6-12-28(24)2)20-14-23-25(27-16-20)21-8-4-3-7-19(21)15-26-23;/h3-12,15-16H,1-2H3;/q-1;. The zero-order chi connectivity index (χ0) is 19.1. The Morgan fingerprint density at radius 1 is 0.828 bits per heavy atom. The van der Waals surface area contributed by atoms with Crippen molar-refractivity contribution >= 4 is 21.8 Å². The van der Waals surface area contributed by atoms with Crippen LogP contribution >= 0.6 is 0 Å². The molecule has 0 aliphatic rings. The molecule has 0 unspecified atom stereocenters. The molecule has 137 valence electrons. The minimum absolute atomic E-state index is 0. The molecule has 29 heavy (non-hydrogen) atoms. The first-order valence-corrected chi connectivity index (χ1v) is 9.25. The summed E-state index contributed by atoms with van der Waals surface area (Å²) in [4.78, 5) is 9.28. The SMILES string of the molecule is Cc1ccc(-c2[c-]c3ncc4ccccc4c3nc2)[c-]c1-c1cccc[n+]1C.[Y]. The number of fused-ring (bicyclic) bond motifs is 3. The van der Waals surface area contributed by atoms with Crippen molar-refractivity contribution < 1.29 is 37.3 Å². The third-order valence-electron chi connectivity index (χ3n) is 5.10. The summed E-state index contributed by atoms with van der Waals surface area (Å²) in [5, 5.41) is 2.18. The maximum Gasteiger partial charge on any atom is 0.161 e. The Bertz CT molecular complexity index is 1340.